The van der Waals surface area contributed by atoms with Gasteiger partial charge in [-0.1, -0.05) is 30.7 Å². The van der Waals surface area contributed by atoms with Crippen molar-refractivity contribution in [1.82, 2.24) is 15.0 Å². The van der Waals surface area contributed by atoms with E-state index in [2.05, 4.69) is 34.7 Å². The maximum Gasteiger partial charge on any atom is 0.246 e. The van der Waals surface area contributed by atoms with E-state index in [4.69, 9.17) is 0 Å². The number of anilines is 1. The SMILES string of the molecule is CCCCc1ccc(NC(=O)Cn2nnc3cc(C)c(C)cc32)cc1. The summed E-state index contributed by atoms with van der Waals surface area (Å²) >= 11 is 0. The van der Waals surface area contributed by atoms with Gasteiger partial charge in [-0.3, -0.25) is 4.79 Å². The highest BCUT2D eigenvalue weighted by atomic mass is 16.2. The number of benzene rings is 2. The van der Waals surface area contributed by atoms with Crippen LogP contribution in [-0.4, -0.2) is 20.9 Å². The number of fused-ring (bicyclic) bond motifs is 1. The average Bonchev–Trinajstić information content (AvgIpc) is 2.96. The Morgan fingerprint density at radius 3 is 2.56 bits per heavy atom. The third kappa shape index (κ3) is 4.05. The molecule has 0 aliphatic carbocycles. The monoisotopic (exact) mass is 336 g/mol. The van der Waals surface area contributed by atoms with E-state index in [-0.39, 0.29) is 12.5 Å². The number of carbonyl (C=O) groups excluding carboxylic acids is 1. The lowest BCUT2D eigenvalue weighted by atomic mass is 10.1. The summed E-state index contributed by atoms with van der Waals surface area (Å²) in [5, 5.41) is 11.2. The van der Waals surface area contributed by atoms with Gasteiger partial charge in [-0.15, -0.1) is 5.10 Å². The Morgan fingerprint density at radius 1 is 1.12 bits per heavy atom. The van der Waals surface area contributed by atoms with E-state index in [1.54, 1.807) is 4.68 Å². The Hall–Kier alpha value is -2.69. The molecule has 5 nitrogen and oxygen atoms in total. The molecular formula is C20H24N4O. The molecule has 5 heteroatoms. The molecule has 0 unspecified atom stereocenters. The van der Waals surface area contributed by atoms with Gasteiger partial charge in [0.2, 0.25) is 5.91 Å². The summed E-state index contributed by atoms with van der Waals surface area (Å²) < 4.78 is 1.65. The summed E-state index contributed by atoms with van der Waals surface area (Å²) in [7, 11) is 0. The molecule has 0 saturated carbocycles. The number of unbranched alkanes of at least 4 members (excludes halogenated alkanes) is 1. The van der Waals surface area contributed by atoms with Gasteiger partial charge in [0.15, 0.2) is 0 Å². The maximum atomic E-state index is 12.3. The predicted octanol–water partition coefficient (Wildman–Crippen LogP) is 4.03. The molecule has 3 aromatic rings. The van der Waals surface area contributed by atoms with Crippen LogP contribution in [0.4, 0.5) is 5.69 Å². The molecule has 0 fully saturated rings. The van der Waals surface area contributed by atoms with Gasteiger partial charge in [0.25, 0.3) is 0 Å². The van der Waals surface area contributed by atoms with Crippen molar-refractivity contribution >= 4 is 22.6 Å². The van der Waals surface area contributed by atoms with Crippen molar-refractivity contribution in [2.45, 2.75) is 46.6 Å². The molecule has 130 valence electrons. The molecule has 1 amide bonds. The molecule has 1 heterocycles. The van der Waals surface area contributed by atoms with E-state index in [1.165, 1.54) is 29.5 Å². The van der Waals surface area contributed by atoms with Gasteiger partial charge in [0.05, 0.1) is 5.52 Å². The fraction of sp³-hybridized carbons (Fsp3) is 0.350. The molecule has 1 aromatic heterocycles. The number of hydrogen-bond donors (Lipinski definition) is 1. The minimum atomic E-state index is -0.105. The van der Waals surface area contributed by atoms with Crippen molar-refractivity contribution in [1.29, 1.82) is 0 Å². The van der Waals surface area contributed by atoms with Gasteiger partial charge in [0, 0.05) is 5.69 Å². The number of nitrogens with zero attached hydrogens (tertiary/aromatic N) is 3. The van der Waals surface area contributed by atoms with Crippen molar-refractivity contribution in [3.05, 3.63) is 53.1 Å². The van der Waals surface area contributed by atoms with Crippen molar-refractivity contribution in [3.8, 4) is 0 Å². The van der Waals surface area contributed by atoms with Crippen LogP contribution in [0.1, 0.15) is 36.5 Å². The first kappa shape index (κ1) is 17.1. The third-order valence-electron chi connectivity index (χ3n) is 4.48. The van der Waals surface area contributed by atoms with Gasteiger partial charge in [-0.25, -0.2) is 4.68 Å². The zero-order valence-corrected chi connectivity index (χ0v) is 15.0. The fourth-order valence-corrected chi connectivity index (χ4v) is 2.81. The first-order valence-corrected chi connectivity index (χ1v) is 8.76. The topological polar surface area (TPSA) is 59.8 Å². The second-order valence-corrected chi connectivity index (χ2v) is 6.52. The molecule has 0 radical (unpaired) electrons. The highest BCUT2D eigenvalue weighted by molar-refractivity contribution is 5.91. The normalized spacial score (nSPS) is 11.0. The van der Waals surface area contributed by atoms with Crippen LogP contribution >= 0.6 is 0 Å². The van der Waals surface area contributed by atoms with E-state index < -0.39 is 0 Å². The minimum Gasteiger partial charge on any atom is -0.324 e. The highest BCUT2D eigenvalue weighted by Gasteiger charge is 2.10. The quantitative estimate of drug-likeness (QED) is 0.739. The Balaban J connectivity index is 1.67. The van der Waals surface area contributed by atoms with E-state index in [0.29, 0.717) is 0 Å². The number of hydrogen-bond acceptors (Lipinski definition) is 3. The number of aromatic nitrogens is 3. The van der Waals surface area contributed by atoms with Crippen LogP contribution in [0, 0.1) is 13.8 Å². The lowest BCUT2D eigenvalue weighted by molar-refractivity contribution is -0.116. The Morgan fingerprint density at radius 2 is 1.84 bits per heavy atom. The maximum absolute atomic E-state index is 12.3. The molecule has 3 rings (SSSR count). The predicted molar refractivity (Wildman–Crippen MR) is 101 cm³/mol. The average molecular weight is 336 g/mol. The van der Waals surface area contributed by atoms with Gasteiger partial charge in [0.1, 0.15) is 12.1 Å². The number of rotatable bonds is 6. The van der Waals surface area contributed by atoms with Crippen molar-refractivity contribution in [2.75, 3.05) is 5.32 Å². The van der Waals surface area contributed by atoms with Crippen LogP contribution in [-0.2, 0) is 17.8 Å². The van der Waals surface area contributed by atoms with Crippen LogP contribution in [0.15, 0.2) is 36.4 Å². The number of carbonyl (C=O) groups is 1. The lowest BCUT2D eigenvalue weighted by Crippen LogP contribution is -2.19. The van der Waals surface area contributed by atoms with Gasteiger partial charge in [-0.05, 0) is 67.6 Å². The molecule has 1 N–H and O–H groups in total. The molecule has 0 atom stereocenters. The second kappa shape index (κ2) is 7.47. The molecule has 2 aromatic carbocycles. The van der Waals surface area contributed by atoms with E-state index >= 15 is 0 Å². The van der Waals surface area contributed by atoms with Gasteiger partial charge < -0.3 is 5.32 Å². The van der Waals surface area contributed by atoms with Crippen molar-refractivity contribution < 1.29 is 4.79 Å². The third-order valence-corrected chi connectivity index (χ3v) is 4.48. The van der Waals surface area contributed by atoms with Gasteiger partial charge >= 0.3 is 0 Å². The molecular weight excluding hydrogens is 312 g/mol. The summed E-state index contributed by atoms with van der Waals surface area (Å²) in [6.45, 7) is 6.43. The van der Waals surface area contributed by atoms with E-state index in [1.807, 2.05) is 38.1 Å². The lowest BCUT2D eigenvalue weighted by Gasteiger charge is -2.07. The molecule has 0 saturated heterocycles. The zero-order chi connectivity index (χ0) is 17.8. The summed E-state index contributed by atoms with van der Waals surface area (Å²) in [5.74, 6) is -0.105. The van der Waals surface area contributed by atoms with E-state index in [9.17, 15) is 4.79 Å². The number of aryl methyl sites for hydroxylation is 3. The summed E-state index contributed by atoms with van der Waals surface area (Å²) in [6.07, 6.45) is 3.45. The number of amides is 1. The summed E-state index contributed by atoms with van der Waals surface area (Å²) in [5.41, 5.74) is 6.14. The molecule has 0 aliphatic rings. The van der Waals surface area contributed by atoms with Crippen LogP contribution in [0.2, 0.25) is 0 Å². The van der Waals surface area contributed by atoms with Crippen molar-refractivity contribution in [2.24, 2.45) is 0 Å². The van der Waals surface area contributed by atoms with E-state index in [0.717, 1.165) is 23.1 Å². The first-order valence-electron chi connectivity index (χ1n) is 8.76. The van der Waals surface area contributed by atoms with Gasteiger partial charge in [-0.2, -0.15) is 0 Å². The Kier molecular flexibility index (Phi) is 5.12. The summed E-state index contributed by atoms with van der Waals surface area (Å²) in [4.78, 5) is 12.3. The molecule has 0 aliphatic heterocycles. The smallest absolute Gasteiger partial charge is 0.246 e. The number of nitrogens with one attached hydrogen (secondary N) is 1. The Bertz CT molecular complexity index is 881. The van der Waals surface area contributed by atoms with Crippen LogP contribution in [0.25, 0.3) is 11.0 Å². The van der Waals surface area contributed by atoms with Crippen molar-refractivity contribution in [3.63, 3.8) is 0 Å². The van der Waals surface area contributed by atoms with Crippen LogP contribution in [0.3, 0.4) is 0 Å². The largest absolute Gasteiger partial charge is 0.324 e. The van der Waals surface area contributed by atoms with Crippen LogP contribution < -0.4 is 5.32 Å². The second-order valence-electron chi connectivity index (χ2n) is 6.52. The molecule has 0 bridgehead atoms. The molecule has 25 heavy (non-hydrogen) atoms. The Labute approximate surface area is 148 Å². The molecule has 0 spiro atoms. The first-order chi connectivity index (χ1) is 12.1. The highest BCUT2D eigenvalue weighted by Crippen LogP contribution is 2.17. The minimum absolute atomic E-state index is 0.105. The summed E-state index contributed by atoms with van der Waals surface area (Å²) in [6, 6.07) is 12.1. The standard InChI is InChI=1S/C20H24N4O/c1-4-5-6-16-7-9-17(10-8-16)21-20(25)13-24-19-12-15(3)14(2)11-18(19)22-23-24/h7-12H,4-6,13H2,1-3H3,(H,21,25). The van der Waals surface area contributed by atoms with Crippen LogP contribution in [0.5, 0.6) is 0 Å². The zero-order valence-electron chi connectivity index (χ0n) is 15.0. The fourth-order valence-electron chi connectivity index (χ4n) is 2.81.